The minimum atomic E-state index is 0. The first-order chi connectivity index (χ1) is 3.77. The van der Waals surface area contributed by atoms with Crippen molar-refractivity contribution in [3.63, 3.8) is 0 Å². The largest absolute Gasteiger partial charge is 1.00 e. The van der Waals surface area contributed by atoms with Crippen LogP contribution in [-0.2, 0) is 12.6 Å². The summed E-state index contributed by atoms with van der Waals surface area (Å²) in [6.07, 6.45) is 1.14. The molecule has 0 bridgehead atoms. The molecule has 5 heteroatoms. The molecule has 0 aromatic carbocycles. The van der Waals surface area contributed by atoms with E-state index in [1.807, 2.05) is 0 Å². The number of hydrogen-bond acceptors (Lipinski definition) is 3. The van der Waals surface area contributed by atoms with Gasteiger partial charge in [0.1, 0.15) is 0 Å². The van der Waals surface area contributed by atoms with E-state index in [4.69, 9.17) is 0 Å². The summed E-state index contributed by atoms with van der Waals surface area (Å²) in [6.45, 7) is 0. The van der Waals surface area contributed by atoms with Gasteiger partial charge in [0.2, 0.25) is 0 Å². The molecule has 0 fully saturated rings. The van der Waals surface area contributed by atoms with Crippen LogP contribution in [0.15, 0.2) is 0 Å². The van der Waals surface area contributed by atoms with E-state index in [0.29, 0.717) is 3.53 Å². The molecule has 0 heterocycles. The smallest absolute Gasteiger partial charge is 0.422 e. The summed E-state index contributed by atoms with van der Waals surface area (Å²) >= 11 is 10.9. The Morgan fingerprint density at radius 1 is 1.67 bits per heavy atom. The molecule has 0 aliphatic heterocycles. The van der Waals surface area contributed by atoms with E-state index in [0.717, 1.165) is 18.2 Å². The average Bonchev–Trinajstić information content (AvgIpc) is 1.66. The molecule has 0 nitrogen and oxygen atoms in total. The van der Waals surface area contributed by atoms with Crippen LogP contribution < -0.4 is 29.6 Å². The fourth-order valence-electron chi connectivity index (χ4n) is 0.228. The van der Waals surface area contributed by atoms with E-state index in [-0.39, 0.29) is 29.6 Å². The van der Waals surface area contributed by atoms with Crippen LogP contribution in [0.2, 0.25) is 6.04 Å². The Morgan fingerprint density at radius 2 is 2.22 bits per heavy atom. The minimum Gasteiger partial charge on any atom is -0.422 e. The Kier molecular flexibility index (Phi) is 14.8. The summed E-state index contributed by atoms with van der Waals surface area (Å²) in [4.78, 5) is 0. The Balaban J connectivity index is 0. The van der Waals surface area contributed by atoms with Crippen LogP contribution in [0.1, 0.15) is 6.42 Å². The number of hydrogen-bond donors (Lipinski definition) is 0. The third kappa shape index (κ3) is 13.0. The molecule has 0 aliphatic carbocycles. The van der Waals surface area contributed by atoms with Gasteiger partial charge in [0.25, 0.3) is 0 Å². The molecule has 0 unspecified atom stereocenters. The molecule has 0 saturated heterocycles. The topological polar surface area (TPSA) is 0 Å². The van der Waals surface area contributed by atoms with Crippen LogP contribution in [0.25, 0.3) is 0 Å². The molecule has 3 radical (unpaired) electrons. The van der Waals surface area contributed by atoms with Gasteiger partial charge in [-0.3, -0.25) is 0 Å². The standard InChI is InChI=1S/C4H7S3Si.Na/c5-4(6)7-2-1-3-8;/h1-3H2,(H,5,6);/q;+1/p-1. The third-order valence-corrected chi connectivity index (χ3v) is 2.33. The maximum absolute atomic E-state index is 4.67. The molecule has 0 spiro atoms. The predicted octanol–water partition coefficient (Wildman–Crippen LogP) is -1.47. The Labute approximate surface area is 97.1 Å². The van der Waals surface area contributed by atoms with Crippen molar-refractivity contribution in [1.29, 1.82) is 0 Å². The zero-order valence-electron chi connectivity index (χ0n) is 5.35. The summed E-state index contributed by atoms with van der Waals surface area (Å²) < 4.78 is 0.630. The quantitative estimate of drug-likeness (QED) is 0.237. The Morgan fingerprint density at radius 3 is 2.56 bits per heavy atom. The van der Waals surface area contributed by atoms with Crippen molar-refractivity contribution in [2.75, 3.05) is 5.75 Å². The Bertz CT molecular complexity index is 78.2. The molecule has 45 valence electrons. The van der Waals surface area contributed by atoms with E-state index < -0.39 is 0 Å². The molecule has 9 heavy (non-hydrogen) atoms. The van der Waals surface area contributed by atoms with Gasteiger partial charge in [-0.15, -0.1) is 11.8 Å². The van der Waals surface area contributed by atoms with Crippen molar-refractivity contribution < 1.29 is 29.6 Å². The summed E-state index contributed by atoms with van der Waals surface area (Å²) in [5.74, 6) is 1.05. The van der Waals surface area contributed by atoms with E-state index in [1.54, 1.807) is 11.8 Å². The molecule has 0 rings (SSSR count). The van der Waals surface area contributed by atoms with Gasteiger partial charge in [-0.1, -0.05) is 9.57 Å². The second-order valence-corrected chi connectivity index (χ2v) is 4.40. The van der Waals surface area contributed by atoms with Crippen LogP contribution in [-0.4, -0.2) is 19.5 Å². The molecule has 0 aromatic heterocycles. The van der Waals surface area contributed by atoms with Crippen LogP contribution in [0.4, 0.5) is 0 Å². The molecule has 0 N–H and O–H groups in total. The van der Waals surface area contributed by atoms with Crippen molar-refractivity contribution in [2.45, 2.75) is 12.5 Å². The minimum absolute atomic E-state index is 0. The van der Waals surface area contributed by atoms with Gasteiger partial charge in [0, 0.05) is 10.2 Å². The summed E-state index contributed by atoms with van der Waals surface area (Å²) in [6, 6.07) is 1.03. The van der Waals surface area contributed by atoms with Crippen LogP contribution in [0, 0.1) is 0 Å². The first kappa shape index (κ1) is 13.5. The predicted molar refractivity (Wildman–Crippen MR) is 47.6 cm³/mol. The van der Waals surface area contributed by atoms with Gasteiger partial charge < -0.3 is 24.8 Å². The number of thioether (sulfide) groups is 1. The van der Waals surface area contributed by atoms with Crippen molar-refractivity contribution in [3.05, 3.63) is 0 Å². The number of rotatable bonds is 3. The number of thiocarbonyl (C=S) groups is 1. The van der Waals surface area contributed by atoms with Gasteiger partial charge in [0.05, 0.1) is 0 Å². The maximum atomic E-state index is 4.67. The molecule has 0 atom stereocenters. The molecule has 0 aliphatic rings. The molecular weight excluding hydrogens is 195 g/mol. The Hall–Kier alpha value is 1.88. The summed E-state index contributed by atoms with van der Waals surface area (Å²) in [5.41, 5.74) is 0. The molecular formula is C4H6NaS3Si. The van der Waals surface area contributed by atoms with Crippen LogP contribution in [0.5, 0.6) is 0 Å². The van der Waals surface area contributed by atoms with Crippen molar-refractivity contribution in [3.8, 4) is 0 Å². The van der Waals surface area contributed by atoms with Crippen LogP contribution >= 0.6 is 24.0 Å². The molecule has 0 saturated carbocycles. The van der Waals surface area contributed by atoms with Gasteiger partial charge in [-0.05, 0) is 12.2 Å². The SMILES string of the molecule is [Na+].[Si]CCCSC(=S)[S-]. The van der Waals surface area contributed by atoms with Gasteiger partial charge in [0.15, 0.2) is 0 Å². The molecule has 0 amide bonds. The van der Waals surface area contributed by atoms with E-state index in [2.05, 4.69) is 35.1 Å². The fraction of sp³-hybridized carbons (Fsp3) is 0.750. The van der Waals surface area contributed by atoms with Crippen LogP contribution in [0.3, 0.4) is 0 Å². The zero-order valence-corrected chi connectivity index (χ0v) is 10.8. The maximum Gasteiger partial charge on any atom is 1.00 e. The van der Waals surface area contributed by atoms with Crippen molar-refractivity contribution in [1.82, 2.24) is 0 Å². The monoisotopic (exact) mass is 201 g/mol. The molecule has 0 aromatic rings. The first-order valence-corrected chi connectivity index (χ1v) is 4.76. The van der Waals surface area contributed by atoms with Crippen molar-refractivity contribution >= 4 is 50.4 Å². The van der Waals surface area contributed by atoms with Gasteiger partial charge in [-0.2, -0.15) is 0 Å². The average molecular weight is 201 g/mol. The summed E-state index contributed by atoms with van der Waals surface area (Å²) in [7, 11) is 3.35. The first-order valence-electron chi connectivity index (χ1n) is 2.25. The third-order valence-electron chi connectivity index (χ3n) is 0.541. The van der Waals surface area contributed by atoms with Gasteiger partial charge >= 0.3 is 29.6 Å². The van der Waals surface area contributed by atoms with Gasteiger partial charge in [-0.25, -0.2) is 0 Å². The van der Waals surface area contributed by atoms with E-state index in [9.17, 15) is 0 Å². The fourth-order valence-corrected chi connectivity index (χ4v) is 1.62. The van der Waals surface area contributed by atoms with E-state index >= 15 is 0 Å². The van der Waals surface area contributed by atoms with E-state index in [1.165, 1.54) is 0 Å². The zero-order chi connectivity index (χ0) is 6.41. The normalized spacial score (nSPS) is 8.11. The van der Waals surface area contributed by atoms with Crippen molar-refractivity contribution in [2.24, 2.45) is 0 Å². The second kappa shape index (κ2) is 9.88. The second-order valence-electron chi connectivity index (χ2n) is 1.20. The summed E-state index contributed by atoms with van der Waals surface area (Å²) in [5, 5.41) is 0.